The van der Waals surface area contributed by atoms with Gasteiger partial charge in [-0.15, -0.1) is 0 Å². The number of aliphatic hydroxyl groups is 1. The van der Waals surface area contributed by atoms with Crippen LogP contribution in [0.4, 0.5) is 0 Å². The number of amides is 1. The zero-order valence-corrected chi connectivity index (χ0v) is 15.4. The highest BCUT2D eigenvalue weighted by atomic mass is 16.5. The van der Waals surface area contributed by atoms with Crippen molar-refractivity contribution >= 4 is 5.91 Å². The van der Waals surface area contributed by atoms with Crippen LogP contribution in [0.2, 0.25) is 0 Å². The predicted molar refractivity (Wildman–Crippen MR) is 98.0 cm³/mol. The zero-order valence-electron chi connectivity index (χ0n) is 15.4. The second-order valence-electron chi connectivity index (χ2n) is 8.10. The molecule has 26 heavy (non-hydrogen) atoms. The number of aromatic nitrogens is 1. The van der Waals surface area contributed by atoms with Crippen molar-refractivity contribution in [3.63, 3.8) is 0 Å². The van der Waals surface area contributed by atoms with Crippen molar-refractivity contribution < 1.29 is 14.4 Å². The Kier molecular flexibility index (Phi) is 4.35. The molecule has 2 heterocycles. The number of piperidine rings is 1. The van der Waals surface area contributed by atoms with Crippen molar-refractivity contribution in [3.8, 4) is 0 Å². The third-order valence-electron chi connectivity index (χ3n) is 5.94. The molecular weight excluding hydrogens is 328 g/mol. The standard InChI is InChI=1S/C21H26N2O3/c1-14(2)11-16-13-18(22-26-16)20(25)23-9-7-21(8-10-23)17-6-4-3-5-15(17)12-19(21)24/h3-6,13-14,19,24H,7-12H2,1-2H3/t19-/m1/s1. The van der Waals surface area contributed by atoms with E-state index in [1.165, 1.54) is 11.1 Å². The van der Waals surface area contributed by atoms with E-state index < -0.39 is 0 Å². The fourth-order valence-electron chi connectivity index (χ4n) is 4.55. The first kappa shape index (κ1) is 17.3. The SMILES string of the molecule is CC(C)Cc1cc(C(=O)N2CCC3(CC2)c2ccccc2C[C@H]3O)no1. The molecule has 1 atom stereocenters. The summed E-state index contributed by atoms with van der Waals surface area (Å²) >= 11 is 0. The molecule has 1 aromatic carbocycles. The predicted octanol–water partition coefficient (Wildman–Crippen LogP) is 2.96. The van der Waals surface area contributed by atoms with Gasteiger partial charge < -0.3 is 14.5 Å². The van der Waals surface area contributed by atoms with E-state index in [2.05, 4.69) is 31.1 Å². The Balaban J connectivity index is 1.47. The molecule has 2 aliphatic rings. The fraction of sp³-hybridized carbons (Fsp3) is 0.524. The summed E-state index contributed by atoms with van der Waals surface area (Å²) in [5, 5.41) is 14.7. The number of benzene rings is 1. The Morgan fingerprint density at radius 1 is 1.35 bits per heavy atom. The lowest BCUT2D eigenvalue weighted by Crippen LogP contribution is -2.49. The Morgan fingerprint density at radius 3 is 2.81 bits per heavy atom. The van der Waals surface area contributed by atoms with E-state index in [0.29, 0.717) is 31.1 Å². The molecule has 1 aromatic heterocycles. The smallest absolute Gasteiger partial charge is 0.276 e. The van der Waals surface area contributed by atoms with Gasteiger partial charge in [-0.2, -0.15) is 0 Å². The number of carbonyl (C=O) groups excluding carboxylic acids is 1. The number of nitrogens with zero attached hydrogens (tertiary/aromatic N) is 2. The first-order valence-electron chi connectivity index (χ1n) is 9.51. The highest BCUT2D eigenvalue weighted by Crippen LogP contribution is 2.46. The maximum absolute atomic E-state index is 12.8. The van der Waals surface area contributed by atoms with Crippen LogP contribution in [-0.2, 0) is 18.3 Å². The van der Waals surface area contributed by atoms with E-state index in [1.54, 1.807) is 6.07 Å². The average molecular weight is 354 g/mol. The van der Waals surface area contributed by atoms with Crippen molar-refractivity contribution in [2.24, 2.45) is 5.92 Å². The lowest BCUT2D eigenvalue weighted by molar-refractivity contribution is 0.0360. The van der Waals surface area contributed by atoms with Gasteiger partial charge in [-0.05, 0) is 36.3 Å². The summed E-state index contributed by atoms with van der Waals surface area (Å²) in [7, 11) is 0. The number of aliphatic hydroxyl groups excluding tert-OH is 1. The first-order valence-corrected chi connectivity index (χ1v) is 9.51. The summed E-state index contributed by atoms with van der Waals surface area (Å²) in [6.07, 6.45) is 2.71. The van der Waals surface area contributed by atoms with Crippen LogP contribution in [0.3, 0.4) is 0 Å². The van der Waals surface area contributed by atoms with Crippen LogP contribution in [-0.4, -0.2) is 40.3 Å². The van der Waals surface area contributed by atoms with Gasteiger partial charge in [0.1, 0.15) is 5.76 Å². The second-order valence-corrected chi connectivity index (χ2v) is 8.10. The molecule has 4 rings (SSSR count). The lowest BCUT2D eigenvalue weighted by Gasteiger charge is -2.42. The summed E-state index contributed by atoms with van der Waals surface area (Å²) in [5.41, 5.74) is 2.69. The van der Waals surface area contributed by atoms with Gasteiger partial charge in [0.25, 0.3) is 5.91 Å². The van der Waals surface area contributed by atoms with E-state index in [9.17, 15) is 9.90 Å². The third kappa shape index (κ3) is 2.84. The van der Waals surface area contributed by atoms with E-state index in [4.69, 9.17) is 4.52 Å². The summed E-state index contributed by atoms with van der Waals surface area (Å²) < 4.78 is 5.31. The normalized spacial score (nSPS) is 21.4. The minimum Gasteiger partial charge on any atom is -0.392 e. The number of hydrogen-bond donors (Lipinski definition) is 1. The molecule has 1 fully saturated rings. The molecular formula is C21H26N2O3. The Hall–Kier alpha value is -2.14. The molecule has 0 saturated carbocycles. The Morgan fingerprint density at radius 2 is 2.08 bits per heavy atom. The summed E-state index contributed by atoms with van der Waals surface area (Å²) in [6, 6.07) is 10.1. The van der Waals surface area contributed by atoms with Crippen molar-refractivity contribution in [1.29, 1.82) is 0 Å². The summed E-state index contributed by atoms with van der Waals surface area (Å²) in [5.74, 6) is 1.15. The maximum Gasteiger partial charge on any atom is 0.276 e. The lowest BCUT2D eigenvalue weighted by atomic mass is 9.72. The van der Waals surface area contributed by atoms with E-state index in [0.717, 1.165) is 25.0 Å². The van der Waals surface area contributed by atoms with Crippen LogP contribution < -0.4 is 0 Å². The number of hydrogen-bond acceptors (Lipinski definition) is 4. The molecule has 0 bridgehead atoms. The molecule has 1 aliphatic carbocycles. The number of rotatable bonds is 3. The molecule has 1 spiro atoms. The second kappa shape index (κ2) is 6.54. The Bertz CT molecular complexity index is 803. The van der Waals surface area contributed by atoms with Gasteiger partial charge in [0.15, 0.2) is 5.69 Å². The van der Waals surface area contributed by atoms with Crippen molar-refractivity contribution in [2.45, 2.75) is 51.0 Å². The molecule has 5 nitrogen and oxygen atoms in total. The summed E-state index contributed by atoms with van der Waals surface area (Å²) in [4.78, 5) is 14.6. The third-order valence-corrected chi connectivity index (χ3v) is 5.94. The van der Waals surface area contributed by atoms with E-state index >= 15 is 0 Å². The number of likely N-dealkylation sites (tertiary alicyclic amines) is 1. The van der Waals surface area contributed by atoms with E-state index in [-0.39, 0.29) is 17.4 Å². The first-order chi connectivity index (χ1) is 12.5. The molecule has 1 N–H and O–H groups in total. The largest absolute Gasteiger partial charge is 0.392 e. The highest BCUT2D eigenvalue weighted by Gasteiger charge is 2.48. The Labute approximate surface area is 154 Å². The average Bonchev–Trinajstić information content (AvgIpc) is 3.19. The fourth-order valence-corrected chi connectivity index (χ4v) is 4.55. The minimum absolute atomic E-state index is 0.0700. The van der Waals surface area contributed by atoms with Gasteiger partial charge in [0.05, 0.1) is 6.10 Å². The molecule has 1 saturated heterocycles. The summed E-state index contributed by atoms with van der Waals surface area (Å²) in [6.45, 7) is 5.49. The van der Waals surface area contributed by atoms with Crippen molar-refractivity contribution in [3.05, 3.63) is 52.9 Å². The van der Waals surface area contributed by atoms with Gasteiger partial charge >= 0.3 is 0 Å². The minimum atomic E-state index is -0.359. The van der Waals surface area contributed by atoms with Gasteiger partial charge in [-0.3, -0.25) is 4.79 Å². The van der Waals surface area contributed by atoms with Gasteiger partial charge in [0, 0.05) is 31.0 Å². The molecule has 1 aliphatic heterocycles. The topological polar surface area (TPSA) is 66.6 Å². The molecule has 1 amide bonds. The van der Waals surface area contributed by atoms with Gasteiger partial charge in [0.2, 0.25) is 0 Å². The quantitative estimate of drug-likeness (QED) is 0.920. The molecule has 0 unspecified atom stereocenters. The van der Waals surface area contributed by atoms with Crippen LogP contribution in [0.1, 0.15) is 54.1 Å². The van der Waals surface area contributed by atoms with Crippen molar-refractivity contribution in [1.82, 2.24) is 10.1 Å². The monoisotopic (exact) mass is 354 g/mol. The zero-order chi connectivity index (χ0) is 18.3. The van der Waals surface area contributed by atoms with Crippen molar-refractivity contribution in [2.75, 3.05) is 13.1 Å². The van der Waals surface area contributed by atoms with Gasteiger partial charge in [-0.1, -0.05) is 43.3 Å². The number of carbonyl (C=O) groups is 1. The van der Waals surface area contributed by atoms with Gasteiger partial charge in [-0.25, -0.2) is 0 Å². The molecule has 0 radical (unpaired) electrons. The van der Waals surface area contributed by atoms with E-state index in [1.807, 2.05) is 17.0 Å². The molecule has 2 aromatic rings. The van der Waals surface area contributed by atoms with Crippen LogP contribution in [0.15, 0.2) is 34.9 Å². The number of fused-ring (bicyclic) bond motifs is 2. The van der Waals surface area contributed by atoms with Crippen LogP contribution in [0, 0.1) is 5.92 Å². The molecule has 138 valence electrons. The molecule has 5 heteroatoms. The van der Waals surface area contributed by atoms with Crippen LogP contribution >= 0.6 is 0 Å². The van der Waals surface area contributed by atoms with Crippen LogP contribution in [0.5, 0.6) is 0 Å². The highest BCUT2D eigenvalue weighted by molar-refractivity contribution is 5.92. The maximum atomic E-state index is 12.8. The van der Waals surface area contributed by atoms with Crippen LogP contribution in [0.25, 0.3) is 0 Å².